The molecule has 1 aliphatic heterocycles. The van der Waals surface area contributed by atoms with Crippen LogP contribution in [0.5, 0.6) is 5.75 Å². The monoisotopic (exact) mass is 367 g/mol. The molecule has 4 N–H and O–H groups in total. The van der Waals surface area contributed by atoms with Crippen LogP contribution in [0.3, 0.4) is 0 Å². The number of halogens is 1. The molecule has 3 aromatic rings. The highest BCUT2D eigenvalue weighted by Gasteiger charge is 2.31. The molecule has 0 bridgehead atoms. The summed E-state index contributed by atoms with van der Waals surface area (Å²) < 4.78 is 0. The SMILES string of the molecule is O=C(Nc1cccc2ccccc12)C1CC(c2cc(Cl)ccc2O)NN1. The van der Waals surface area contributed by atoms with E-state index < -0.39 is 6.04 Å². The van der Waals surface area contributed by atoms with Crippen LogP contribution in [0.25, 0.3) is 10.8 Å². The van der Waals surface area contributed by atoms with Gasteiger partial charge in [-0.1, -0.05) is 48.0 Å². The topological polar surface area (TPSA) is 73.4 Å². The Labute approximate surface area is 156 Å². The minimum Gasteiger partial charge on any atom is -0.508 e. The van der Waals surface area contributed by atoms with Crippen molar-refractivity contribution in [3.63, 3.8) is 0 Å². The van der Waals surface area contributed by atoms with E-state index in [9.17, 15) is 9.90 Å². The number of fused-ring (bicyclic) bond motifs is 1. The Bertz CT molecular complexity index is 971. The van der Waals surface area contributed by atoms with E-state index in [2.05, 4.69) is 16.2 Å². The zero-order chi connectivity index (χ0) is 18.1. The number of carbonyl (C=O) groups is 1. The van der Waals surface area contributed by atoms with Crippen molar-refractivity contribution in [2.45, 2.75) is 18.5 Å². The Morgan fingerprint density at radius 2 is 1.88 bits per heavy atom. The summed E-state index contributed by atoms with van der Waals surface area (Å²) in [4.78, 5) is 12.7. The molecule has 0 saturated carbocycles. The van der Waals surface area contributed by atoms with E-state index in [1.54, 1.807) is 18.2 Å². The van der Waals surface area contributed by atoms with Crippen LogP contribution in [-0.4, -0.2) is 17.1 Å². The summed E-state index contributed by atoms with van der Waals surface area (Å²) in [5, 5.41) is 15.7. The van der Waals surface area contributed by atoms with E-state index in [1.165, 1.54) is 0 Å². The largest absolute Gasteiger partial charge is 0.508 e. The second-order valence-electron chi connectivity index (χ2n) is 6.35. The Balaban J connectivity index is 1.50. The number of hydrogen-bond donors (Lipinski definition) is 4. The highest BCUT2D eigenvalue weighted by atomic mass is 35.5. The lowest BCUT2D eigenvalue weighted by atomic mass is 10.0. The molecule has 4 rings (SSSR count). The van der Waals surface area contributed by atoms with Gasteiger partial charge in [0.05, 0.1) is 6.04 Å². The summed E-state index contributed by atoms with van der Waals surface area (Å²) in [5.41, 5.74) is 7.52. The van der Waals surface area contributed by atoms with Crippen LogP contribution in [0.4, 0.5) is 5.69 Å². The maximum Gasteiger partial charge on any atom is 0.242 e. The summed E-state index contributed by atoms with van der Waals surface area (Å²) in [7, 11) is 0. The predicted molar refractivity (Wildman–Crippen MR) is 103 cm³/mol. The van der Waals surface area contributed by atoms with E-state index >= 15 is 0 Å². The van der Waals surface area contributed by atoms with Gasteiger partial charge in [0.2, 0.25) is 5.91 Å². The standard InChI is InChI=1S/C20H18ClN3O2/c21-13-8-9-19(25)15(10-13)17-11-18(24-23-17)20(26)22-16-7-3-5-12-4-1-2-6-14(12)16/h1-10,17-18,23-25H,11H2,(H,22,26). The van der Waals surface area contributed by atoms with Gasteiger partial charge in [-0.2, -0.15) is 0 Å². The van der Waals surface area contributed by atoms with Crippen molar-refractivity contribution >= 4 is 34.0 Å². The zero-order valence-corrected chi connectivity index (χ0v) is 14.6. The lowest BCUT2D eigenvalue weighted by Crippen LogP contribution is -2.39. The van der Waals surface area contributed by atoms with Crippen molar-refractivity contribution in [1.82, 2.24) is 10.9 Å². The molecule has 26 heavy (non-hydrogen) atoms. The number of rotatable bonds is 3. The normalized spacial score (nSPS) is 19.6. The Morgan fingerprint density at radius 1 is 1.08 bits per heavy atom. The molecule has 1 saturated heterocycles. The second-order valence-corrected chi connectivity index (χ2v) is 6.79. The van der Waals surface area contributed by atoms with Crippen LogP contribution in [0.2, 0.25) is 5.02 Å². The molecule has 1 aliphatic rings. The van der Waals surface area contributed by atoms with E-state index in [-0.39, 0.29) is 17.7 Å². The maximum atomic E-state index is 12.7. The molecule has 0 spiro atoms. The lowest BCUT2D eigenvalue weighted by Gasteiger charge is -2.13. The number of nitrogens with one attached hydrogen (secondary N) is 3. The first-order valence-electron chi connectivity index (χ1n) is 8.40. The summed E-state index contributed by atoms with van der Waals surface area (Å²) in [6, 6.07) is 18.0. The Kier molecular flexibility index (Phi) is 4.51. The number of phenols is 1. The number of aromatic hydroxyl groups is 1. The highest BCUT2D eigenvalue weighted by Crippen LogP contribution is 2.32. The molecule has 1 amide bonds. The summed E-state index contributed by atoms with van der Waals surface area (Å²) in [5.74, 6) is 0.0293. The van der Waals surface area contributed by atoms with Gasteiger partial charge in [0.25, 0.3) is 0 Å². The van der Waals surface area contributed by atoms with Crippen LogP contribution in [0.1, 0.15) is 18.0 Å². The molecule has 1 fully saturated rings. The molecule has 0 aromatic heterocycles. The number of amides is 1. The zero-order valence-electron chi connectivity index (χ0n) is 13.9. The first-order valence-corrected chi connectivity index (χ1v) is 8.78. The van der Waals surface area contributed by atoms with E-state index in [4.69, 9.17) is 11.6 Å². The van der Waals surface area contributed by atoms with Crippen molar-refractivity contribution < 1.29 is 9.90 Å². The summed E-state index contributed by atoms with van der Waals surface area (Å²) in [6.07, 6.45) is 0.504. The summed E-state index contributed by atoms with van der Waals surface area (Å²) in [6.45, 7) is 0. The Hall–Kier alpha value is -2.60. The smallest absolute Gasteiger partial charge is 0.242 e. The fourth-order valence-corrected chi connectivity index (χ4v) is 3.47. The van der Waals surface area contributed by atoms with Gasteiger partial charge in [-0.05, 0) is 36.1 Å². The molecule has 2 unspecified atom stereocenters. The molecular formula is C20H18ClN3O2. The first-order chi connectivity index (χ1) is 12.6. The predicted octanol–water partition coefficient (Wildman–Crippen LogP) is 3.75. The van der Waals surface area contributed by atoms with Crippen LogP contribution >= 0.6 is 11.6 Å². The first kappa shape index (κ1) is 16.8. The van der Waals surface area contributed by atoms with Gasteiger partial charge in [-0.3, -0.25) is 4.79 Å². The third kappa shape index (κ3) is 3.24. The molecule has 6 heteroatoms. The molecule has 2 atom stereocenters. The van der Waals surface area contributed by atoms with Crippen molar-refractivity contribution in [1.29, 1.82) is 0 Å². The van der Waals surface area contributed by atoms with Crippen LogP contribution < -0.4 is 16.2 Å². The lowest BCUT2D eigenvalue weighted by molar-refractivity contribution is -0.117. The van der Waals surface area contributed by atoms with Gasteiger partial charge in [0.1, 0.15) is 11.8 Å². The molecule has 1 heterocycles. The van der Waals surface area contributed by atoms with Gasteiger partial charge >= 0.3 is 0 Å². The third-order valence-corrected chi connectivity index (χ3v) is 4.87. The van der Waals surface area contributed by atoms with E-state index in [0.29, 0.717) is 17.0 Å². The van der Waals surface area contributed by atoms with Gasteiger partial charge in [0.15, 0.2) is 0 Å². The maximum absolute atomic E-state index is 12.7. The minimum atomic E-state index is -0.419. The van der Waals surface area contributed by atoms with Gasteiger partial charge in [-0.15, -0.1) is 0 Å². The second kappa shape index (κ2) is 6.96. The van der Waals surface area contributed by atoms with E-state index in [0.717, 1.165) is 16.5 Å². The van der Waals surface area contributed by atoms with Gasteiger partial charge in [0, 0.05) is 21.7 Å². The minimum absolute atomic E-state index is 0.127. The third-order valence-electron chi connectivity index (χ3n) is 4.63. The summed E-state index contributed by atoms with van der Waals surface area (Å²) >= 11 is 6.02. The highest BCUT2D eigenvalue weighted by molar-refractivity contribution is 6.30. The van der Waals surface area contributed by atoms with Crippen molar-refractivity contribution in [2.24, 2.45) is 0 Å². The number of hydrazine groups is 1. The van der Waals surface area contributed by atoms with Crippen molar-refractivity contribution in [3.05, 3.63) is 71.2 Å². The number of anilines is 1. The van der Waals surface area contributed by atoms with Gasteiger partial charge < -0.3 is 10.4 Å². The number of phenolic OH excluding ortho intramolecular Hbond substituents is 1. The molecule has 0 aliphatic carbocycles. The van der Waals surface area contributed by atoms with Crippen molar-refractivity contribution in [2.75, 3.05) is 5.32 Å². The van der Waals surface area contributed by atoms with Crippen molar-refractivity contribution in [3.8, 4) is 5.75 Å². The van der Waals surface area contributed by atoms with Crippen LogP contribution in [-0.2, 0) is 4.79 Å². The number of hydrogen-bond acceptors (Lipinski definition) is 4. The van der Waals surface area contributed by atoms with E-state index in [1.807, 2.05) is 42.5 Å². The molecule has 5 nitrogen and oxygen atoms in total. The fraction of sp³-hybridized carbons (Fsp3) is 0.150. The molecule has 3 aromatic carbocycles. The van der Waals surface area contributed by atoms with Gasteiger partial charge in [-0.25, -0.2) is 10.9 Å². The Morgan fingerprint density at radius 3 is 2.77 bits per heavy atom. The van der Waals surface area contributed by atoms with Crippen LogP contribution in [0.15, 0.2) is 60.7 Å². The molecular weight excluding hydrogens is 350 g/mol. The quantitative estimate of drug-likeness (QED) is 0.569. The van der Waals surface area contributed by atoms with Crippen LogP contribution in [0, 0.1) is 0 Å². The molecule has 0 radical (unpaired) electrons. The average Bonchev–Trinajstić information content (AvgIpc) is 3.14. The number of benzene rings is 3. The average molecular weight is 368 g/mol. The molecule has 132 valence electrons. The fourth-order valence-electron chi connectivity index (χ4n) is 3.29. The number of carbonyl (C=O) groups excluding carboxylic acids is 1.